The molecule has 120 valence electrons. The topological polar surface area (TPSA) is 37.3 Å². The van der Waals surface area contributed by atoms with Gasteiger partial charge in [-0.1, -0.05) is 30.6 Å². The molecule has 0 radical (unpaired) electrons. The van der Waals surface area contributed by atoms with Crippen molar-refractivity contribution in [1.29, 1.82) is 0 Å². The van der Waals surface area contributed by atoms with Gasteiger partial charge < -0.3 is 5.11 Å². The molecule has 0 amide bonds. The van der Waals surface area contributed by atoms with Crippen LogP contribution >= 0.6 is 0 Å². The molecule has 2 nitrogen and oxygen atoms in total. The molecule has 22 heavy (non-hydrogen) atoms. The van der Waals surface area contributed by atoms with Crippen molar-refractivity contribution in [3.8, 4) is 0 Å². The van der Waals surface area contributed by atoms with Gasteiger partial charge in [0.05, 0.1) is 6.10 Å². The first-order valence-corrected chi connectivity index (χ1v) is 9.03. The number of aliphatic hydroxyl groups excluding tert-OH is 1. The monoisotopic (exact) mass is 300 g/mol. The maximum atomic E-state index is 11.8. The minimum Gasteiger partial charge on any atom is -0.392 e. The summed E-state index contributed by atoms with van der Waals surface area (Å²) < 4.78 is 0. The van der Waals surface area contributed by atoms with Crippen LogP contribution in [0.25, 0.3) is 0 Å². The van der Waals surface area contributed by atoms with Crippen LogP contribution in [0.15, 0.2) is 22.8 Å². The number of fused-ring (bicyclic) bond motifs is 5. The third-order valence-electron chi connectivity index (χ3n) is 7.31. The molecule has 0 saturated heterocycles. The predicted octanol–water partition coefficient (Wildman–Crippen LogP) is 4.05. The molecule has 2 saturated carbocycles. The summed E-state index contributed by atoms with van der Waals surface area (Å²) in [5.41, 5.74) is 4.51. The Morgan fingerprint density at radius 3 is 2.82 bits per heavy atom. The summed E-state index contributed by atoms with van der Waals surface area (Å²) in [5.74, 6) is 2.90. The van der Waals surface area contributed by atoms with Gasteiger partial charge in [-0.05, 0) is 68.8 Å². The van der Waals surface area contributed by atoms with E-state index in [-0.39, 0.29) is 11.5 Å². The second-order valence-electron chi connectivity index (χ2n) is 8.57. The Morgan fingerprint density at radius 2 is 2.05 bits per heavy atom. The molecular weight excluding hydrogens is 272 g/mol. The van der Waals surface area contributed by atoms with Crippen LogP contribution in [-0.4, -0.2) is 17.0 Å². The Labute approximate surface area is 133 Å². The lowest BCUT2D eigenvalue weighted by atomic mass is 9.51. The van der Waals surface area contributed by atoms with E-state index in [0.29, 0.717) is 29.5 Å². The van der Waals surface area contributed by atoms with Crippen LogP contribution in [0.4, 0.5) is 0 Å². The minimum atomic E-state index is -0.180. The first kappa shape index (κ1) is 14.7. The fraction of sp³-hybridized carbons (Fsp3) is 0.750. The number of rotatable bonds is 0. The second kappa shape index (κ2) is 4.80. The normalized spacial score (nSPS) is 47.7. The van der Waals surface area contributed by atoms with E-state index in [4.69, 9.17) is 0 Å². The van der Waals surface area contributed by atoms with E-state index in [9.17, 15) is 9.90 Å². The molecule has 0 aromatic rings. The fourth-order valence-corrected chi connectivity index (χ4v) is 6.34. The summed E-state index contributed by atoms with van der Waals surface area (Å²) in [7, 11) is 0. The maximum absolute atomic E-state index is 11.8. The van der Waals surface area contributed by atoms with Crippen molar-refractivity contribution >= 4 is 5.78 Å². The van der Waals surface area contributed by atoms with Crippen molar-refractivity contribution in [3.05, 3.63) is 22.8 Å². The maximum Gasteiger partial charge on any atom is 0.155 e. The molecular formula is C20H28O2. The molecule has 0 spiro atoms. The first-order valence-electron chi connectivity index (χ1n) is 9.03. The van der Waals surface area contributed by atoms with E-state index < -0.39 is 0 Å². The molecule has 0 aliphatic heterocycles. The van der Waals surface area contributed by atoms with E-state index in [1.54, 1.807) is 5.57 Å². The third kappa shape index (κ3) is 1.86. The van der Waals surface area contributed by atoms with E-state index >= 15 is 0 Å². The van der Waals surface area contributed by atoms with Gasteiger partial charge in [0.2, 0.25) is 0 Å². The van der Waals surface area contributed by atoms with Crippen LogP contribution in [0.5, 0.6) is 0 Å². The van der Waals surface area contributed by atoms with Crippen LogP contribution in [0, 0.1) is 29.1 Å². The molecule has 1 N–H and O–H groups in total. The number of carbonyl (C=O) groups is 1. The molecule has 6 atom stereocenters. The molecule has 0 aromatic heterocycles. The van der Waals surface area contributed by atoms with E-state index in [1.165, 1.54) is 17.6 Å². The summed E-state index contributed by atoms with van der Waals surface area (Å²) in [4.78, 5) is 11.8. The lowest BCUT2D eigenvalue weighted by Crippen LogP contribution is -2.47. The smallest absolute Gasteiger partial charge is 0.155 e. The van der Waals surface area contributed by atoms with E-state index in [2.05, 4.69) is 20.8 Å². The summed E-state index contributed by atoms with van der Waals surface area (Å²) in [6.07, 6.45) is 7.88. The molecule has 4 aliphatic rings. The summed E-state index contributed by atoms with van der Waals surface area (Å²) in [6, 6.07) is 0. The highest BCUT2D eigenvalue weighted by atomic mass is 16.3. The van der Waals surface area contributed by atoms with Crippen molar-refractivity contribution in [2.45, 2.75) is 65.4 Å². The van der Waals surface area contributed by atoms with Gasteiger partial charge in [0.15, 0.2) is 5.78 Å². The fourth-order valence-electron chi connectivity index (χ4n) is 6.34. The molecule has 0 aromatic carbocycles. The van der Waals surface area contributed by atoms with Crippen LogP contribution in [0.2, 0.25) is 0 Å². The third-order valence-corrected chi connectivity index (χ3v) is 7.31. The Kier molecular flexibility index (Phi) is 3.21. The van der Waals surface area contributed by atoms with Gasteiger partial charge in [-0.2, -0.15) is 0 Å². The average Bonchev–Trinajstić information content (AvgIpc) is 2.69. The highest BCUT2D eigenvalue weighted by Gasteiger charge is 2.55. The molecule has 2 heteroatoms. The van der Waals surface area contributed by atoms with Crippen molar-refractivity contribution in [2.75, 3.05) is 0 Å². The molecule has 2 fully saturated rings. The van der Waals surface area contributed by atoms with Crippen LogP contribution in [0.3, 0.4) is 0 Å². The Hall–Kier alpha value is -0.890. The van der Waals surface area contributed by atoms with E-state index in [1.807, 2.05) is 6.08 Å². The van der Waals surface area contributed by atoms with Crippen molar-refractivity contribution in [2.24, 2.45) is 29.1 Å². The van der Waals surface area contributed by atoms with Crippen molar-refractivity contribution in [3.63, 3.8) is 0 Å². The molecule has 4 rings (SSSR count). The standard InChI is InChI=1S/C20H28O2/c1-11-8-13-10-14(21)4-5-15(13)16-6-7-20(3)17(22)9-12(2)19(20)18(11)16/h10-11,15-18,22H,4-9H2,1-3H3/t11-,15+,16-,17+,18-,20-/m1/s1. The molecule has 0 heterocycles. The van der Waals surface area contributed by atoms with Crippen molar-refractivity contribution in [1.82, 2.24) is 0 Å². The Balaban J connectivity index is 1.76. The number of hydrogen-bond acceptors (Lipinski definition) is 2. The van der Waals surface area contributed by atoms with Gasteiger partial charge in [-0.15, -0.1) is 0 Å². The number of carbonyl (C=O) groups excluding carboxylic acids is 1. The van der Waals surface area contributed by atoms with Gasteiger partial charge in [0.1, 0.15) is 0 Å². The molecule has 0 unspecified atom stereocenters. The van der Waals surface area contributed by atoms with Gasteiger partial charge in [0, 0.05) is 11.8 Å². The Morgan fingerprint density at radius 1 is 1.27 bits per heavy atom. The van der Waals surface area contributed by atoms with Gasteiger partial charge >= 0.3 is 0 Å². The van der Waals surface area contributed by atoms with Gasteiger partial charge in [-0.3, -0.25) is 4.79 Å². The quantitative estimate of drug-likeness (QED) is 0.685. The lowest BCUT2D eigenvalue weighted by molar-refractivity contribution is -0.115. The zero-order valence-corrected chi connectivity index (χ0v) is 14.1. The summed E-state index contributed by atoms with van der Waals surface area (Å²) >= 11 is 0. The largest absolute Gasteiger partial charge is 0.392 e. The lowest BCUT2D eigenvalue weighted by Gasteiger charge is -2.53. The Bertz CT molecular complexity index is 585. The van der Waals surface area contributed by atoms with Crippen LogP contribution in [-0.2, 0) is 4.79 Å². The molecule has 4 aliphatic carbocycles. The highest BCUT2D eigenvalue weighted by molar-refractivity contribution is 5.91. The number of allylic oxidation sites excluding steroid dienone is 2. The minimum absolute atomic E-state index is 0.0191. The van der Waals surface area contributed by atoms with Crippen LogP contribution in [0.1, 0.15) is 59.3 Å². The van der Waals surface area contributed by atoms with Crippen LogP contribution < -0.4 is 0 Å². The number of hydrogen-bond donors (Lipinski definition) is 1. The molecule has 0 bridgehead atoms. The zero-order chi connectivity index (χ0) is 15.6. The zero-order valence-electron chi connectivity index (χ0n) is 14.1. The number of aliphatic hydroxyl groups is 1. The first-order chi connectivity index (χ1) is 10.4. The second-order valence-corrected chi connectivity index (χ2v) is 8.57. The summed E-state index contributed by atoms with van der Waals surface area (Å²) in [6.45, 7) is 6.90. The highest BCUT2D eigenvalue weighted by Crippen LogP contribution is 2.62. The SMILES string of the molecule is CC1=C2[C@H]3[C@H](CC[C@]2(C)[C@@H](O)C1)[C@H]1CCC(=O)C=C1C[C@H]3C. The van der Waals surface area contributed by atoms with Crippen molar-refractivity contribution < 1.29 is 9.90 Å². The number of ketones is 1. The van der Waals surface area contributed by atoms with Gasteiger partial charge in [-0.25, -0.2) is 0 Å². The van der Waals surface area contributed by atoms with E-state index in [0.717, 1.165) is 32.1 Å². The van der Waals surface area contributed by atoms with Gasteiger partial charge in [0.25, 0.3) is 0 Å². The predicted molar refractivity (Wildman–Crippen MR) is 87.2 cm³/mol. The summed E-state index contributed by atoms with van der Waals surface area (Å²) in [5, 5.41) is 10.6. The average molecular weight is 300 g/mol.